The van der Waals surface area contributed by atoms with Gasteiger partial charge in [0.25, 0.3) is 0 Å². The average molecular weight is 1380 g/mol. The van der Waals surface area contributed by atoms with Crippen molar-refractivity contribution in [3.63, 3.8) is 0 Å². The number of alkyl halides is 12. The molecule has 2 aromatic carbocycles. The number of aromatic nitrogens is 6. The molecule has 12 rings (SSSR count). The Morgan fingerprint density at radius 1 is 0.500 bits per heavy atom. The van der Waals surface area contributed by atoms with Gasteiger partial charge in [-0.05, 0) is 153 Å². The smallest absolute Gasteiger partial charge is 0.416 e. The lowest BCUT2D eigenvalue weighted by Crippen LogP contribution is -2.36. The van der Waals surface area contributed by atoms with Crippen LogP contribution in [0.1, 0.15) is 258 Å². The van der Waals surface area contributed by atoms with Crippen LogP contribution < -0.4 is 19.3 Å². The lowest BCUT2D eigenvalue weighted by molar-refractivity contribution is -0.138. The molecule has 6 aliphatic rings. The molecule has 98 heavy (non-hydrogen) atoms. The maximum absolute atomic E-state index is 17.2. The number of hydrogen-bond acceptors (Lipinski definition) is 13. The van der Waals surface area contributed by atoms with Crippen molar-refractivity contribution in [3.8, 4) is 11.5 Å². The van der Waals surface area contributed by atoms with Crippen molar-refractivity contribution >= 4 is 11.9 Å². The van der Waals surface area contributed by atoms with Gasteiger partial charge in [-0.15, -0.1) is 0 Å². The molecule has 4 fully saturated rings. The standard InChI is InChI=1S/C37H44F6N4O2.C36H42F6N4O3/c1-4-17-49-26-20-44-34(45-21-26)47-15-11-24(12-16-47)33-31(32(38)23-5-7-25(8-6-23)37(41,42)43)29(22-9-13-36(39,40)14-10-22)30-27(46-33)18-35(2,3)19-28(30)48;1-34(2)17-26-29(27(48)18-34)28(21-7-11-35(38,39)12-8-21)30(31(37)22-3-5-24(6-4-22)36(40,41)42)32(45-26)23-9-13-46(14-10-23)33-43-19-25(20-44-33)49-16-15-47/h5-8,20-22,24,28,32,48H,4,9-19H2,1-3H3;3-6,19-21,23,27,31,47-48H,7-18H2,1-2H3. The Hall–Kier alpha value is -6.86. The number of rotatable bonds is 16. The van der Waals surface area contributed by atoms with E-state index in [1.165, 1.54) is 12.4 Å². The molecule has 6 aromatic rings. The molecule has 4 unspecified atom stereocenters. The molecule has 4 aromatic heterocycles. The highest BCUT2D eigenvalue weighted by Gasteiger charge is 2.47. The number of anilines is 2. The zero-order chi connectivity index (χ0) is 70.3. The van der Waals surface area contributed by atoms with E-state index in [4.69, 9.17) is 24.5 Å². The largest absolute Gasteiger partial charge is 0.490 e. The molecule has 6 heterocycles. The normalized spacial score (nSPS) is 22.1. The fourth-order valence-electron chi connectivity index (χ4n) is 15.6. The summed E-state index contributed by atoms with van der Waals surface area (Å²) in [6.07, 6.45) is -4.70. The first-order valence-electron chi connectivity index (χ1n) is 34.2. The second-order valence-electron chi connectivity index (χ2n) is 29.1. The summed E-state index contributed by atoms with van der Waals surface area (Å²) in [4.78, 5) is 32.0. The Balaban J connectivity index is 0.000000198. The van der Waals surface area contributed by atoms with Gasteiger partial charge in [-0.2, -0.15) is 26.3 Å². The maximum atomic E-state index is 17.2. The number of fused-ring (bicyclic) bond motifs is 2. The van der Waals surface area contributed by atoms with Crippen LogP contribution in [0.15, 0.2) is 73.3 Å². The highest BCUT2D eigenvalue weighted by Crippen LogP contribution is 2.55. The summed E-state index contributed by atoms with van der Waals surface area (Å²) < 4.78 is 184. The minimum absolute atomic E-state index is 0.0124. The first kappa shape index (κ1) is 72.4. The minimum atomic E-state index is -4.59. The van der Waals surface area contributed by atoms with Crippen LogP contribution in [0.25, 0.3) is 0 Å². The molecule has 0 amide bonds. The third-order valence-electron chi connectivity index (χ3n) is 20.5. The predicted octanol–water partition coefficient (Wildman–Crippen LogP) is 17.4. The molecular weight excluding hydrogens is 1300 g/mol. The van der Waals surface area contributed by atoms with E-state index in [2.05, 4.69) is 19.9 Å². The molecule has 2 saturated carbocycles. The van der Waals surface area contributed by atoms with Crippen LogP contribution in [-0.2, 0) is 25.2 Å². The molecule has 0 spiro atoms. The summed E-state index contributed by atoms with van der Waals surface area (Å²) >= 11 is 0. The van der Waals surface area contributed by atoms with E-state index in [1.54, 1.807) is 12.4 Å². The summed E-state index contributed by atoms with van der Waals surface area (Å²) in [6, 6.07) is 7.97. The number of nitrogens with zero attached hydrogens (tertiary/aromatic N) is 8. The summed E-state index contributed by atoms with van der Waals surface area (Å²) in [5, 5.41) is 32.1. The summed E-state index contributed by atoms with van der Waals surface area (Å²) in [6.45, 7) is 12.8. The zero-order valence-electron chi connectivity index (χ0n) is 55.8. The average Bonchev–Trinajstić information content (AvgIpc) is 0.737. The van der Waals surface area contributed by atoms with Crippen LogP contribution in [0.5, 0.6) is 11.5 Å². The van der Waals surface area contributed by atoms with Gasteiger partial charge in [0.2, 0.25) is 23.7 Å². The highest BCUT2D eigenvalue weighted by atomic mass is 19.4. The van der Waals surface area contributed by atoms with Crippen LogP contribution in [0.3, 0.4) is 0 Å². The summed E-state index contributed by atoms with van der Waals surface area (Å²) in [5.41, 5.74) is 2.39. The lowest BCUT2D eigenvalue weighted by Gasteiger charge is -2.41. The SMILES string of the molecule is CC1(C)Cc2nc(C3CCN(c4ncc(OCCO)cn4)CC3)c(C(F)c3ccc(C(F)(F)F)cc3)c(C3CCC(F)(F)CC3)c2C(O)C1.CCCOc1cnc(N2CCC(c3nc4c(c(C5CCC(F)(F)CC5)c3C(F)c3ccc(C(F)(F)F)cc3)C(O)CC(C)(C)C4)CC2)nc1. The monoisotopic (exact) mass is 1380 g/mol. The van der Waals surface area contributed by atoms with Gasteiger partial charge in [0.05, 0.1) is 72.7 Å². The second-order valence-corrected chi connectivity index (χ2v) is 29.1. The van der Waals surface area contributed by atoms with Gasteiger partial charge in [-0.1, -0.05) is 58.9 Å². The Morgan fingerprint density at radius 2 is 0.837 bits per heavy atom. The number of piperidine rings is 2. The molecular formula is C73H86F12N8O5. The van der Waals surface area contributed by atoms with Gasteiger partial charge in [-0.25, -0.2) is 46.3 Å². The fourth-order valence-corrected chi connectivity index (χ4v) is 15.6. The topological polar surface area (TPSA) is 163 Å². The van der Waals surface area contributed by atoms with Gasteiger partial charge in [0.1, 0.15) is 6.61 Å². The number of pyridine rings is 2. The molecule has 2 aliphatic heterocycles. The van der Waals surface area contributed by atoms with E-state index in [9.17, 15) is 54.1 Å². The number of benzene rings is 2. The van der Waals surface area contributed by atoms with E-state index in [-0.39, 0.29) is 109 Å². The van der Waals surface area contributed by atoms with Crippen molar-refractivity contribution in [2.45, 2.75) is 216 Å². The van der Waals surface area contributed by atoms with Gasteiger partial charge >= 0.3 is 12.4 Å². The van der Waals surface area contributed by atoms with Gasteiger partial charge in [0, 0.05) is 97.3 Å². The van der Waals surface area contributed by atoms with E-state index < -0.39 is 71.7 Å². The Labute approximate surface area is 563 Å². The Morgan fingerprint density at radius 3 is 1.15 bits per heavy atom. The summed E-state index contributed by atoms with van der Waals surface area (Å²) in [7, 11) is 0. The fraction of sp³-hybridized carbons (Fsp3) is 0.589. The summed E-state index contributed by atoms with van der Waals surface area (Å²) in [5.74, 6) is -5.02. The van der Waals surface area contributed by atoms with Gasteiger partial charge in [0.15, 0.2) is 23.8 Å². The second kappa shape index (κ2) is 29.0. The van der Waals surface area contributed by atoms with Gasteiger partial charge < -0.3 is 34.6 Å². The van der Waals surface area contributed by atoms with Crippen LogP contribution in [0.2, 0.25) is 0 Å². The van der Waals surface area contributed by atoms with Crippen molar-refractivity contribution in [1.82, 2.24) is 29.9 Å². The quantitative estimate of drug-likeness (QED) is 0.0786. The van der Waals surface area contributed by atoms with Crippen LogP contribution in [0.4, 0.5) is 64.6 Å². The number of hydrogen-bond donors (Lipinski definition) is 3. The van der Waals surface area contributed by atoms with Gasteiger partial charge in [-0.3, -0.25) is 9.97 Å². The molecule has 0 bridgehead atoms. The number of ether oxygens (including phenoxy) is 2. The number of halogens is 12. The highest BCUT2D eigenvalue weighted by molar-refractivity contribution is 5.54. The van der Waals surface area contributed by atoms with Crippen molar-refractivity contribution < 1.29 is 77.5 Å². The van der Waals surface area contributed by atoms with Crippen molar-refractivity contribution in [2.75, 3.05) is 55.8 Å². The van der Waals surface area contributed by atoms with Crippen molar-refractivity contribution in [1.29, 1.82) is 0 Å². The maximum Gasteiger partial charge on any atom is 0.416 e. The van der Waals surface area contributed by atoms with Crippen molar-refractivity contribution in [2.24, 2.45) is 10.8 Å². The molecule has 2 saturated heterocycles. The van der Waals surface area contributed by atoms with E-state index in [0.717, 1.165) is 55.0 Å². The third-order valence-corrected chi connectivity index (χ3v) is 20.5. The lowest BCUT2D eigenvalue weighted by atomic mass is 9.68. The molecule has 4 atom stereocenters. The molecule has 13 nitrogen and oxygen atoms in total. The Bertz CT molecular complexity index is 3430. The predicted molar refractivity (Wildman–Crippen MR) is 345 cm³/mol. The van der Waals surface area contributed by atoms with E-state index >= 15 is 8.78 Å². The number of aliphatic hydroxyl groups excluding tert-OH is 3. The van der Waals surface area contributed by atoms with Crippen LogP contribution in [-0.4, -0.2) is 103 Å². The molecule has 3 N–H and O–H groups in total. The third kappa shape index (κ3) is 16.5. The molecule has 0 radical (unpaired) electrons. The van der Waals surface area contributed by atoms with Crippen molar-refractivity contribution in [3.05, 3.63) is 152 Å². The van der Waals surface area contributed by atoms with Crippen LogP contribution in [0, 0.1) is 10.8 Å². The molecule has 4 aliphatic carbocycles. The minimum Gasteiger partial charge on any atom is -0.490 e. The zero-order valence-corrected chi connectivity index (χ0v) is 55.8. The first-order chi connectivity index (χ1) is 46.3. The Kier molecular flexibility index (Phi) is 21.4. The van der Waals surface area contributed by atoms with E-state index in [0.29, 0.717) is 153 Å². The number of aliphatic hydroxyl groups is 3. The first-order valence-corrected chi connectivity index (χ1v) is 34.2. The van der Waals surface area contributed by atoms with E-state index in [1.807, 2.05) is 44.4 Å². The molecule has 532 valence electrons. The molecule has 25 heteroatoms. The van der Waals surface area contributed by atoms with Crippen LogP contribution >= 0.6 is 0 Å².